The standard InChI is InChI=1S/C20H19ClN2O3/c21-16-4-1-13(2-5-16)11-23-8-7-15-9-14(3-6-18(15)19(23)24)10-17-12-26-20(25)22-17/h1-6,9,17H,7-8,10-12H2,(H,22,25)/t17-/m0/s1. The van der Waals surface area contributed by atoms with Crippen LogP contribution in [-0.2, 0) is 24.1 Å². The first-order valence-electron chi connectivity index (χ1n) is 8.67. The Morgan fingerprint density at radius 1 is 1.12 bits per heavy atom. The van der Waals surface area contributed by atoms with E-state index in [1.54, 1.807) is 0 Å². The molecular weight excluding hydrogens is 352 g/mol. The van der Waals surface area contributed by atoms with Crippen LogP contribution in [0.4, 0.5) is 4.79 Å². The Morgan fingerprint density at radius 2 is 1.88 bits per heavy atom. The summed E-state index contributed by atoms with van der Waals surface area (Å²) < 4.78 is 4.93. The van der Waals surface area contributed by atoms with Gasteiger partial charge in [-0.05, 0) is 47.7 Å². The molecule has 0 unspecified atom stereocenters. The van der Waals surface area contributed by atoms with Gasteiger partial charge in [0.15, 0.2) is 0 Å². The molecule has 0 aliphatic carbocycles. The average Bonchev–Trinajstić information content (AvgIpc) is 3.04. The molecule has 2 aliphatic heterocycles. The Balaban J connectivity index is 1.46. The highest BCUT2D eigenvalue weighted by molar-refractivity contribution is 6.30. The third-order valence-electron chi connectivity index (χ3n) is 4.84. The van der Waals surface area contributed by atoms with Crippen LogP contribution in [0.2, 0.25) is 5.02 Å². The topological polar surface area (TPSA) is 58.6 Å². The van der Waals surface area contributed by atoms with Gasteiger partial charge < -0.3 is 15.0 Å². The summed E-state index contributed by atoms with van der Waals surface area (Å²) in [6.45, 7) is 1.67. The smallest absolute Gasteiger partial charge is 0.407 e. The van der Waals surface area contributed by atoms with Crippen molar-refractivity contribution in [2.75, 3.05) is 13.2 Å². The van der Waals surface area contributed by atoms with E-state index in [0.717, 1.165) is 28.7 Å². The second-order valence-corrected chi connectivity index (χ2v) is 7.17. The van der Waals surface area contributed by atoms with Gasteiger partial charge in [-0.15, -0.1) is 0 Å². The van der Waals surface area contributed by atoms with E-state index < -0.39 is 0 Å². The Bertz CT molecular complexity index is 851. The lowest BCUT2D eigenvalue weighted by molar-refractivity contribution is 0.0727. The maximum Gasteiger partial charge on any atom is 0.407 e. The van der Waals surface area contributed by atoms with Gasteiger partial charge in [-0.25, -0.2) is 4.79 Å². The quantitative estimate of drug-likeness (QED) is 0.899. The fraction of sp³-hybridized carbons (Fsp3) is 0.300. The Morgan fingerprint density at radius 3 is 2.62 bits per heavy atom. The number of benzene rings is 2. The van der Waals surface area contributed by atoms with E-state index in [2.05, 4.69) is 11.4 Å². The maximum atomic E-state index is 12.8. The number of alkyl carbamates (subject to hydrolysis) is 1. The van der Waals surface area contributed by atoms with E-state index in [1.807, 2.05) is 41.3 Å². The predicted octanol–water partition coefficient (Wildman–Crippen LogP) is 3.19. The highest BCUT2D eigenvalue weighted by Gasteiger charge is 2.26. The summed E-state index contributed by atoms with van der Waals surface area (Å²) >= 11 is 5.92. The molecule has 0 saturated carbocycles. The van der Waals surface area contributed by atoms with Gasteiger partial charge in [0.2, 0.25) is 0 Å². The summed E-state index contributed by atoms with van der Waals surface area (Å²) in [5.41, 5.74) is 4.02. The van der Waals surface area contributed by atoms with E-state index in [9.17, 15) is 9.59 Å². The van der Waals surface area contributed by atoms with Gasteiger partial charge in [-0.2, -0.15) is 0 Å². The molecule has 1 atom stereocenters. The summed E-state index contributed by atoms with van der Waals surface area (Å²) in [7, 11) is 0. The van der Waals surface area contributed by atoms with Crippen molar-refractivity contribution in [2.24, 2.45) is 0 Å². The molecule has 26 heavy (non-hydrogen) atoms. The number of fused-ring (bicyclic) bond motifs is 1. The third kappa shape index (κ3) is 3.53. The van der Waals surface area contributed by atoms with Gasteiger partial charge >= 0.3 is 6.09 Å². The van der Waals surface area contributed by atoms with Crippen LogP contribution in [0.15, 0.2) is 42.5 Å². The molecule has 2 aromatic rings. The minimum Gasteiger partial charge on any atom is -0.447 e. The maximum absolute atomic E-state index is 12.8. The molecular formula is C20H19ClN2O3. The highest BCUT2D eigenvalue weighted by Crippen LogP contribution is 2.23. The summed E-state index contributed by atoms with van der Waals surface area (Å²) in [5, 5.41) is 3.48. The van der Waals surface area contributed by atoms with E-state index >= 15 is 0 Å². The second-order valence-electron chi connectivity index (χ2n) is 6.74. The molecule has 1 N–H and O–H groups in total. The number of hydrogen-bond donors (Lipinski definition) is 1. The Hall–Kier alpha value is -2.53. The molecule has 2 aromatic carbocycles. The number of hydrogen-bond acceptors (Lipinski definition) is 3. The van der Waals surface area contributed by atoms with E-state index in [4.69, 9.17) is 16.3 Å². The molecule has 0 radical (unpaired) electrons. The van der Waals surface area contributed by atoms with Crippen molar-refractivity contribution < 1.29 is 14.3 Å². The first-order valence-corrected chi connectivity index (χ1v) is 9.05. The van der Waals surface area contributed by atoms with Crippen LogP contribution in [0.25, 0.3) is 0 Å². The number of rotatable bonds is 4. The Kier molecular flexibility index (Phi) is 4.55. The number of cyclic esters (lactones) is 1. The molecule has 0 bridgehead atoms. The molecule has 1 fully saturated rings. The largest absolute Gasteiger partial charge is 0.447 e. The number of nitrogens with one attached hydrogen (secondary N) is 1. The van der Waals surface area contributed by atoms with Crippen LogP contribution in [0, 0.1) is 0 Å². The first kappa shape index (κ1) is 16.9. The number of carbonyl (C=O) groups is 2. The van der Waals surface area contributed by atoms with E-state index in [0.29, 0.717) is 31.1 Å². The molecule has 2 amide bonds. The van der Waals surface area contributed by atoms with E-state index in [-0.39, 0.29) is 18.0 Å². The molecule has 2 aliphatic rings. The van der Waals surface area contributed by atoms with Crippen molar-refractivity contribution in [3.63, 3.8) is 0 Å². The van der Waals surface area contributed by atoms with Crippen LogP contribution in [0.3, 0.4) is 0 Å². The van der Waals surface area contributed by atoms with Crippen molar-refractivity contribution >= 4 is 23.6 Å². The minimum absolute atomic E-state index is 0.00115. The van der Waals surface area contributed by atoms with Crippen molar-refractivity contribution in [3.05, 3.63) is 69.7 Å². The van der Waals surface area contributed by atoms with Crippen molar-refractivity contribution in [3.8, 4) is 0 Å². The van der Waals surface area contributed by atoms with Crippen molar-refractivity contribution in [1.29, 1.82) is 0 Å². The number of halogens is 1. The highest BCUT2D eigenvalue weighted by atomic mass is 35.5. The summed E-state index contributed by atoms with van der Waals surface area (Å²) in [4.78, 5) is 25.8. The Labute approximate surface area is 156 Å². The summed E-state index contributed by atoms with van der Waals surface area (Å²) in [6, 6.07) is 13.5. The molecule has 0 aromatic heterocycles. The number of nitrogens with zero attached hydrogens (tertiary/aromatic N) is 1. The SMILES string of the molecule is O=C1N[C@@H](Cc2ccc3c(c2)CCN(Cc2ccc(Cl)cc2)C3=O)CO1. The summed E-state index contributed by atoms with van der Waals surface area (Å²) in [6.07, 6.45) is 1.18. The van der Waals surface area contributed by atoms with Crippen LogP contribution in [-0.4, -0.2) is 36.1 Å². The molecule has 1 saturated heterocycles. The van der Waals surface area contributed by atoms with Crippen molar-refractivity contribution in [2.45, 2.75) is 25.4 Å². The summed E-state index contributed by atoms with van der Waals surface area (Å²) in [5.74, 6) is 0.0604. The lowest BCUT2D eigenvalue weighted by Gasteiger charge is -2.29. The molecule has 6 heteroatoms. The predicted molar refractivity (Wildman–Crippen MR) is 98.3 cm³/mol. The van der Waals surface area contributed by atoms with E-state index in [1.165, 1.54) is 0 Å². The van der Waals surface area contributed by atoms with Crippen LogP contribution in [0.1, 0.15) is 27.0 Å². The lowest BCUT2D eigenvalue weighted by atomic mass is 9.94. The lowest BCUT2D eigenvalue weighted by Crippen LogP contribution is -2.37. The third-order valence-corrected chi connectivity index (χ3v) is 5.10. The zero-order valence-electron chi connectivity index (χ0n) is 14.2. The number of carbonyl (C=O) groups excluding carboxylic acids is 2. The number of amides is 2. The fourth-order valence-electron chi connectivity index (χ4n) is 3.50. The van der Waals surface area contributed by atoms with Gasteiger partial charge in [-0.3, -0.25) is 4.79 Å². The molecule has 134 valence electrons. The van der Waals surface area contributed by atoms with Crippen LogP contribution in [0.5, 0.6) is 0 Å². The molecule has 4 rings (SSSR count). The van der Waals surface area contributed by atoms with Crippen LogP contribution < -0.4 is 5.32 Å². The average molecular weight is 371 g/mol. The minimum atomic E-state index is -0.360. The van der Waals surface area contributed by atoms with Crippen LogP contribution >= 0.6 is 11.6 Å². The fourth-order valence-corrected chi connectivity index (χ4v) is 3.62. The van der Waals surface area contributed by atoms with Gasteiger partial charge in [-0.1, -0.05) is 35.9 Å². The number of ether oxygens (including phenoxy) is 1. The normalized spacial score (nSPS) is 19.1. The zero-order valence-corrected chi connectivity index (χ0v) is 15.0. The zero-order chi connectivity index (χ0) is 18.1. The molecule has 0 spiro atoms. The van der Waals surface area contributed by atoms with Gasteiger partial charge in [0, 0.05) is 23.7 Å². The molecule has 2 heterocycles. The monoisotopic (exact) mass is 370 g/mol. The van der Waals surface area contributed by atoms with Gasteiger partial charge in [0.05, 0.1) is 6.04 Å². The second kappa shape index (κ2) is 7.00. The van der Waals surface area contributed by atoms with Gasteiger partial charge in [0.1, 0.15) is 6.61 Å². The molecule has 5 nitrogen and oxygen atoms in total. The van der Waals surface area contributed by atoms with Crippen molar-refractivity contribution in [1.82, 2.24) is 10.2 Å². The first-order chi connectivity index (χ1) is 12.6. The van der Waals surface area contributed by atoms with Gasteiger partial charge in [0.25, 0.3) is 5.91 Å².